The number of benzene rings is 1. The summed E-state index contributed by atoms with van der Waals surface area (Å²) in [6.07, 6.45) is 3.83. The second-order valence-corrected chi connectivity index (χ2v) is 12.4. The van der Waals surface area contributed by atoms with E-state index in [0.717, 1.165) is 41.8 Å². The first-order chi connectivity index (χ1) is 20.3. The molecular weight excluding hydrogens is 596 g/mol. The summed E-state index contributed by atoms with van der Waals surface area (Å²) in [5, 5.41) is 17.8. The van der Waals surface area contributed by atoms with Crippen LogP contribution < -0.4 is 10.1 Å². The molecule has 1 aliphatic rings. The van der Waals surface area contributed by atoms with Gasteiger partial charge in [0.15, 0.2) is 11.0 Å². The van der Waals surface area contributed by atoms with Crippen LogP contribution in [-0.4, -0.2) is 55.9 Å². The molecule has 0 bridgehead atoms. The number of nitrogens with one attached hydrogen (secondary N) is 1. The maximum absolute atomic E-state index is 13.3. The summed E-state index contributed by atoms with van der Waals surface area (Å²) in [7, 11) is 3.40. The minimum absolute atomic E-state index is 0.0324. The number of carbonyl (C=O) groups is 2. The van der Waals surface area contributed by atoms with E-state index >= 15 is 0 Å². The molecule has 0 fully saturated rings. The van der Waals surface area contributed by atoms with Crippen LogP contribution >= 0.6 is 34.7 Å². The normalized spacial score (nSPS) is 14.5. The standard InChI is InChI=1S/C29H33ClN6O4S2/c1-6-17-12-13-18-21(14-17)42-27(23(18)28(38)40-7-2)31-22(37)15-41-29-33-32-26(25-24(30)16(3)35(4)34-25)36(29)19-10-8-9-11-20(19)39-5/h8-11,17H,6-7,12-15H2,1-5H3,(H,31,37)/t17-/m1/s1. The number of carbonyl (C=O) groups excluding carboxylic acids is 2. The number of hydrogen-bond acceptors (Lipinski definition) is 9. The number of thiophene rings is 1. The van der Waals surface area contributed by atoms with Gasteiger partial charge in [-0.3, -0.25) is 14.0 Å². The molecule has 1 atom stereocenters. The van der Waals surface area contributed by atoms with Crippen LogP contribution in [0.5, 0.6) is 5.75 Å². The van der Waals surface area contributed by atoms with Gasteiger partial charge < -0.3 is 14.8 Å². The molecule has 222 valence electrons. The zero-order valence-corrected chi connectivity index (χ0v) is 26.6. The van der Waals surface area contributed by atoms with Gasteiger partial charge in [-0.25, -0.2) is 4.79 Å². The topological polar surface area (TPSA) is 113 Å². The van der Waals surface area contributed by atoms with Crippen molar-refractivity contribution in [3.05, 3.63) is 51.0 Å². The molecule has 0 unspecified atom stereocenters. The third kappa shape index (κ3) is 5.80. The Bertz CT molecular complexity index is 1630. The number of aromatic nitrogens is 5. The zero-order chi connectivity index (χ0) is 30.0. The molecule has 1 aromatic carbocycles. The lowest BCUT2D eigenvalue weighted by molar-refractivity contribution is -0.113. The Kier molecular flexibility index (Phi) is 9.24. The van der Waals surface area contributed by atoms with Crippen LogP contribution in [0.1, 0.15) is 53.2 Å². The van der Waals surface area contributed by atoms with Gasteiger partial charge in [-0.2, -0.15) is 5.10 Å². The molecular formula is C29H33ClN6O4S2. The Balaban J connectivity index is 1.44. The van der Waals surface area contributed by atoms with Gasteiger partial charge in [-0.1, -0.05) is 48.8 Å². The van der Waals surface area contributed by atoms with E-state index < -0.39 is 5.97 Å². The highest BCUT2D eigenvalue weighted by molar-refractivity contribution is 7.99. The largest absolute Gasteiger partial charge is 0.495 e. The molecule has 0 saturated carbocycles. The summed E-state index contributed by atoms with van der Waals surface area (Å²) in [4.78, 5) is 27.4. The van der Waals surface area contributed by atoms with Crippen molar-refractivity contribution < 1.29 is 19.1 Å². The van der Waals surface area contributed by atoms with E-state index in [2.05, 4.69) is 27.5 Å². The fourth-order valence-corrected chi connectivity index (χ4v) is 7.43. The molecule has 0 spiro atoms. The number of para-hydroxylation sites is 2. The Morgan fingerprint density at radius 1 is 1.24 bits per heavy atom. The van der Waals surface area contributed by atoms with Crippen LogP contribution in [0, 0.1) is 12.8 Å². The molecule has 3 heterocycles. The second-order valence-electron chi connectivity index (χ2n) is 9.97. The molecule has 1 aliphatic carbocycles. The maximum atomic E-state index is 13.3. The van der Waals surface area contributed by atoms with Crippen LogP contribution in [0.4, 0.5) is 5.00 Å². The quantitative estimate of drug-likeness (QED) is 0.165. The van der Waals surface area contributed by atoms with E-state index in [1.54, 1.807) is 23.3 Å². The molecule has 0 aliphatic heterocycles. The lowest BCUT2D eigenvalue weighted by Gasteiger charge is -2.20. The lowest BCUT2D eigenvalue weighted by atomic mass is 9.85. The number of fused-ring (bicyclic) bond motifs is 1. The lowest BCUT2D eigenvalue weighted by Crippen LogP contribution is -2.18. The number of thioether (sulfide) groups is 1. The number of anilines is 1. The van der Waals surface area contributed by atoms with Gasteiger partial charge in [-0.05, 0) is 56.7 Å². The Morgan fingerprint density at radius 3 is 2.71 bits per heavy atom. The SMILES string of the molecule is CCOC(=O)c1c(NC(=O)CSc2nnc(-c3nn(C)c(C)c3Cl)n2-c2ccccc2OC)sc2c1CC[C@@H](CC)C2. The van der Waals surface area contributed by atoms with E-state index in [1.165, 1.54) is 23.1 Å². The van der Waals surface area contributed by atoms with Crippen molar-refractivity contribution >= 4 is 51.6 Å². The molecule has 13 heteroatoms. The summed E-state index contributed by atoms with van der Waals surface area (Å²) in [5.41, 5.74) is 3.44. The first-order valence-corrected chi connectivity index (χ1v) is 16.0. The Hall–Kier alpha value is -3.35. The smallest absolute Gasteiger partial charge is 0.341 e. The van der Waals surface area contributed by atoms with Crippen LogP contribution in [0.15, 0.2) is 29.4 Å². The highest BCUT2D eigenvalue weighted by Crippen LogP contribution is 2.41. The predicted molar refractivity (Wildman–Crippen MR) is 165 cm³/mol. The molecule has 0 saturated heterocycles. The first-order valence-electron chi connectivity index (χ1n) is 13.8. The Morgan fingerprint density at radius 2 is 2.02 bits per heavy atom. The van der Waals surface area contributed by atoms with E-state index in [-0.39, 0.29) is 18.3 Å². The zero-order valence-electron chi connectivity index (χ0n) is 24.2. The molecule has 1 N–H and O–H groups in total. The number of rotatable bonds is 10. The second kappa shape index (κ2) is 12.9. The van der Waals surface area contributed by atoms with E-state index in [1.807, 2.05) is 38.2 Å². The average Bonchev–Trinajstić information content (AvgIpc) is 3.65. The molecule has 4 aromatic rings. The van der Waals surface area contributed by atoms with Crippen molar-refractivity contribution in [2.24, 2.45) is 13.0 Å². The minimum Gasteiger partial charge on any atom is -0.495 e. The number of methoxy groups -OCH3 is 1. The van der Waals surface area contributed by atoms with Crippen molar-refractivity contribution in [1.82, 2.24) is 24.5 Å². The number of nitrogens with zero attached hydrogens (tertiary/aromatic N) is 5. The summed E-state index contributed by atoms with van der Waals surface area (Å²) >= 11 is 9.33. The van der Waals surface area contributed by atoms with Crippen molar-refractivity contribution in [1.29, 1.82) is 0 Å². The predicted octanol–water partition coefficient (Wildman–Crippen LogP) is 6.12. The third-order valence-electron chi connectivity index (χ3n) is 7.44. The molecule has 0 radical (unpaired) electrons. The van der Waals surface area contributed by atoms with Crippen LogP contribution in [-0.2, 0) is 29.4 Å². The molecule has 5 rings (SSSR count). The summed E-state index contributed by atoms with van der Waals surface area (Å²) < 4.78 is 14.5. The third-order valence-corrected chi connectivity index (χ3v) is 9.99. The van der Waals surface area contributed by atoms with E-state index in [9.17, 15) is 9.59 Å². The monoisotopic (exact) mass is 628 g/mol. The fourth-order valence-electron chi connectivity index (χ4n) is 5.08. The van der Waals surface area contributed by atoms with Gasteiger partial charge in [0.25, 0.3) is 0 Å². The average molecular weight is 629 g/mol. The molecule has 42 heavy (non-hydrogen) atoms. The highest BCUT2D eigenvalue weighted by Gasteiger charge is 2.30. The van der Waals surface area contributed by atoms with Gasteiger partial charge in [0.2, 0.25) is 5.91 Å². The molecule has 10 nitrogen and oxygen atoms in total. The van der Waals surface area contributed by atoms with Crippen molar-refractivity contribution in [3.8, 4) is 23.0 Å². The van der Waals surface area contributed by atoms with Crippen LogP contribution in [0.3, 0.4) is 0 Å². The van der Waals surface area contributed by atoms with Gasteiger partial charge in [0, 0.05) is 11.9 Å². The fraction of sp³-hybridized carbons (Fsp3) is 0.414. The number of esters is 1. The van der Waals surface area contributed by atoms with E-state index in [0.29, 0.717) is 49.6 Å². The molecule has 1 amide bonds. The number of halogens is 1. The van der Waals surface area contributed by atoms with E-state index in [4.69, 9.17) is 21.1 Å². The minimum atomic E-state index is -0.393. The summed E-state index contributed by atoms with van der Waals surface area (Å²) in [5.74, 6) is 0.983. The number of ether oxygens (including phenoxy) is 2. The highest BCUT2D eigenvalue weighted by atomic mass is 35.5. The number of hydrogen-bond donors (Lipinski definition) is 1. The van der Waals surface area contributed by atoms with Crippen molar-refractivity contribution in [3.63, 3.8) is 0 Å². The summed E-state index contributed by atoms with van der Waals surface area (Å²) in [6, 6.07) is 7.47. The van der Waals surface area contributed by atoms with Crippen molar-refractivity contribution in [2.75, 3.05) is 24.8 Å². The van der Waals surface area contributed by atoms with Crippen molar-refractivity contribution in [2.45, 2.75) is 51.6 Å². The number of amides is 1. The number of aryl methyl sites for hydroxylation is 1. The first kappa shape index (κ1) is 30.1. The Labute approximate surface area is 257 Å². The van der Waals surface area contributed by atoms with Gasteiger partial charge in [0.1, 0.15) is 16.4 Å². The van der Waals surface area contributed by atoms with Crippen LogP contribution in [0.2, 0.25) is 5.02 Å². The summed E-state index contributed by atoms with van der Waals surface area (Å²) in [6.45, 7) is 6.11. The van der Waals surface area contributed by atoms with Gasteiger partial charge >= 0.3 is 5.97 Å². The maximum Gasteiger partial charge on any atom is 0.341 e. The molecule has 3 aromatic heterocycles. The van der Waals surface area contributed by atoms with Gasteiger partial charge in [-0.15, -0.1) is 21.5 Å². The van der Waals surface area contributed by atoms with Crippen LogP contribution in [0.25, 0.3) is 17.2 Å². The van der Waals surface area contributed by atoms with Gasteiger partial charge in [0.05, 0.1) is 41.4 Å².